The van der Waals surface area contributed by atoms with Crippen LogP contribution in [-0.4, -0.2) is 4.98 Å². The first-order valence-electron chi connectivity index (χ1n) is 4.39. The van der Waals surface area contributed by atoms with Gasteiger partial charge in [0.05, 0.1) is 0 Å². The molecule has 0 radical (unpaired) electrons. The van der Waals surface area contributed by atoms with Gasteiger partial charge in [-0.1, -0.05) is 11.6 Å². The SMILES string of the molecule is Cc1ccc2[nH]c(=O)cc(CCl)c2c1. The summed E-state index contributed by atoms with van der Waals surface area (Å²) in [5, 5.41) is 1.03. The van der Waals surface area contributed by atoms with Crippen LogP contribution in [0.1, 0.15) is 11.1 Å². The highest BCUT2D eigenvalue weighted by Gasteiger charge is 2.01. The van der Waals surface area contributed by atoms with Crippen molar-refractivity contribution in [1.82, 2.24) is 4.98 Å². The third kappa shape index (κ3) is 1.53. The molecular formula is C11H10ClNO. The standard InChI is InChI=1S/C11H10ClNO/c1-7-2-3-10-9(4-7)8(6-12)5-11(14)13-10/h2-5H,6H2,1H3,(H,13,14). The van der Waals surface area contributed by atoms with Crippen LogP contribution < -0.4 is 5.56 Å². The summed E-state index contributed by atoms with van der Waals surface area (Å²) in [6.07, 6.45) is 0. The van der Waals surface area contributed by atoms with Gasteiger partial charge in [0.25, 0.3) is 0 Å². The minimum Gasteiger partial charge on any atom is -0.322 e. The molecule has 2 nitrogen and oxygen atoms in total. The molecule has 0 saturated heterocycles. The van der Waals surface area contributed by atoms with Gasteiger partial charge in [0, 0.05) is 22.8 Å². The monoisotopic (exact) mass is 207 g/mol. The fourth-order valence-corrected chi connectivity index (χ4v) is 1.77. The Bertz CT molecular complexity index is 530. The lowest BCUT2D eigenvalue weighted by Gasteiger charge is -2.03. The number of benzene rings is 1. The molecule has 14 heavy (non-hydrogen) atoms. The van der Waals surface area contributed by atoms with Gasteiger partial charge >= 0.3 is 0 Å². The number of aromatic amines is 1. The van der Waals surface area contributed by atoms with E-state index in [1.54, 1.807) is 6.07 Å². The molecular weight excluding hydrogens is 198 g/mol. The number of pyridine rings is 1. The van der Waals surface area contributed by atoms with E-state index in [0.29, 0.717) is 5.88 Å². The molecule has 0 spiro atoms. The Morgan fingerprint density at radius 2 is 2.14 bits per heavy atom. The number of H-pyrrole nitrogens is 1. The van der Waals surface area contributed by atoms with Gasteiger partial charge in [-0.25, -0.2) is 0 Å². The average Bonchev–Trinajstić information content (AvgIpc) is 2.17. The zero-order chi connectivity index (χ0) is 10.1. The Hall–Kier alpha value is -1.28. The molecule has 0 amide bonds. The van der Waals surface area contributed by atoms with Crippen LogP contribution in [0.2, 0.25) is 0 Å². The lowest BCUT2D eigenvalue weighted by Crippen LogP contribution is -2.05. The van der Waals surface area contributed by atoms with Crippen molar-refractivity contribution in [2.24, 2.45) is 0 Å². The Balaban J connectivity index is 2.88. The smallest absolute Gasteiger partial charge is 0.248 e. The number of hydrogen-bond acceptors (Lipinski definition) is 1. The van der Waals surface area contributed by atoms with Gasteiger partial charge in [0.15, 0.2) is 0 Å². The van der Waals surface area contributed by atoms with Crippen LogP contribution >= 0.6 is 11.6 Å². The Kier molecular flexibility index (Phi) is 2.30. The van der Waals surface area contributed by atoms with E-state index < -0.39 is 0 Å². The molecule has 0 fully saturated rings. The molecule has 72 valence electrons. The van der Waals surface area contributed by atoms with E-state index in [2.05, 4.69) is 4.98 Å². The summed E-state index contributed by atoms with van der Waals surface area (Å²) in [7, 11) is 0. The van der Waals surface area contributed by atoms with E-state index in [9.17, 15) is 4.79 Å². The number of halogens is 1. The molecule has 0 aliphatic carbocycles. The van der Waals surface area contributed by atoms with Crippen LogP contribution in [-0.2, 0) is 5.88 Å². The third-order valence-electron chi connectivity index (χ3n) is 2.23. The van der Waals surface area contributed by atoms with Crippen molar-refractivity contribution in [3.05, 3.63) is 45.7 Å². The number of rotatable bonds is 1. The second kappa shape index (κ2) is 3.46. The topological polar surface area (TPSA) is 32.9 Å². The maximum Gasteiger partial charge on any atom is 0.248 e. The van der Waals surface area contributed by atoms with E-state index >= 15 is 0 Å². The summed E-state index contributed by atoms with van der Waals surface area (Å²) in [6.45, 7) is 2.02. The quantitative estimate of drug-likeness (QED) is 0.717. The molecule has 2 rings (SSSR count). The predicted octanol–water partition coefficient (Wildman–Crippen LogP) is 2.58. The first kappa shape index (κ1) is 9.28. The molecule has 2 aromatic rings. The predicted molar refractivity (Wildman–Crippen MR) is 58.9 cm³/mol. The number of hydrogen-bond donors (Lipinski definition) is 1. The number of nitrogens with one attached hydrogen (secondary N) is 1. The second-order valence-corrected chi connectivity index (χ2v) is 3.61. The van der Waals surface area contributed by atoms with Gasteiger partial charge in [-0.2, -0.15) is 0 Å². The molecule has 1 aromatic carbocycles. The highest BCUT2D eigenvalue weighted by molar-refractivity contribution is 6.18. The van der Waals surface area contributed by atoms with E-state index in [1.807, 2.05) is 25.1 Å². The minimum atomic E-state index is -0.1000. The highest BCUT2D eigenvalue weighted by atomic mass is 35.5. The van der Waals surface area contributed by atoms with Crippen molar-refractivity contribution in [3.8, 4) is 0 Å². The molecule has 0 bridgehead atoms. The Morgan fingerprint density at radius 1 is 1.36 bits per heavy atom. The minimum absolute atomic E-state index is 0.1000. The maximum absolute atomic E-state index is 11.2. The van der Waals surface area contributed by atoms with Gasteiger partial charge in [0.1, 0.15) is 0 Å². The zero-order valence-electron chi connectivity index (χ0n) is 7.80. The molecule has 1 heterocycles. The van der Waals surface area contributed by atoms with Gasteiger partial charge < -0.3 is 4.98 Å². The van der Waals surface area contributed by atoms with Crippen LogP contribution in [0.4, 0.5) is 0 Å². The van der Waals surface area contributed by atoms with Crippen molar-refractivity contribution in [2.45, 2.75) is 12.8 Å². The lowest BCUT2D eigenvalue weighted by molar-refractivity contribution is 1.26. The first-order chi connectivity index (χ1) is 6.70. The normalized spacial score (nSPS) is 10.7. The summed E-state index contributed by atoms with van der Waals surface area (Å²) in [5.41, 5.74) is 2.79. The zero-order valence-corrected chi connectivity index (χ0v) is 8.56. The van der Waals surface area contributed by atoms with Crippen LogP contribution in [0.5, 0.6) is 0 Å². The molecule has 0 aliphatic rings. The van der Waals surface area contributed by atoms with Gasteiger partial charge in [-0.15, -0.1) is 11.6 Å². The number of fused-ring (bicyclic) bond motifs is 1. The molecule has 1 aromatic heterocycles. The summed E-state index contributed by atoms with van der Waals surface area (Å²) >= 11 is 5.78. The van der Waals surface area contributed by atoms with E-state index in [0.717, 1.165) is 22.0 Å². The van der Waals surface area contributed by atoms with Crippen molar-refractivity contribution in [1.29, 1.82) is 0 Å². The van der Waals surface area contributed by atoms with Gasteiger partial charge in [-0.3, -0.25) is 4.79 Å². The number of aryl methyl sites for hydroxylation is 1. The van der Waals surface area contributed by atoms with Gasteiger partial charge in [-0.05, 0) is 24.6 Å². The summed E-state index contributed by atoms with van der Waals surface area (Å²) in [6, 6.07) is 7.45. The lowest BCUT2D eigenvalue weighted by atomic mass is 10.1. The largest absolute Gasteiger partial charge is 0.322 e. The maximum atomic E-state index is 11.2. The average molecular weight is 208 g/mol. The van der Waals surface area contributed by atoms with Crippen LogP contribution in [0.3, 0.4) is 0 Å². The highest BCUT2D eigenvalue weighted by Crippen LogP contribution is 2.17. The van der Waals surface area contributed by atoms with Crippen molar-refractivity contribution >= 4 is 22.5 Å². The number of alkyl halides is 1. The fourth-order valence-electron chi connectivity index (χ4n) is 1.55. The third-order valence-corrected chi connectivity index (χ3v) is 2.52. The second-order valence-electron chi connectivity index (χ2n) is 3.34. The molecule has 0 atom stereocenters. The molecule has 0 saturated carbocycles. The summed E-state index contributed by atoms with van der Waals surface area (Å²) in [4.78, 5) is 14.0. The van der Waals surface area contributed by atoms with Crippen molar-refractivity contribution in [3.63, 3.8) is 0 Å². The molecule has 3 heteroatoms. The summed E-state index contributed by atoms with van der Waals surface area (Å²) < 4.78 is 0. The molecule has 1 N–H and O–H groups in total. The van der Waals surface area contributed by atoms with E-state index in [1.165, 1.54) is 0 Å². The van der Waals surface area contributed by atoms with Crippen molar-refractivity contribution < 1.29 is 0 Å². The van der Waals surface area contributed by atoms with Gasteiger partial charge in [0.2, 0.25) is 5.56 Å². The van der Waals surface area contributed by atoms with Crippen LogP contribution in [0.25, 0.3) is 10.9 Å². The first-order valence-corrected chi connectivity index (χ1v) is 4.92. The van der Waals surface area contributed by atoms with E-state index in [-0.39, 0.29) is 5.56 Å². The van der Waals surface area contributed by atoms with Crippen LogP contribution in [0, 0.1) is 6.92 Å². The summed E-state index contributed by atoms with van der Waals surface area (Å²) in [5.74, 6) is 0.365. The van der Waals surface area contributed by atoms with Crippen LogP contribution in [0.15, 0.2) is 29.1 Å². The van der Waals surface area contributed by atoms with E-state index in [4.69, 9.17) is 11.6 Å². The van der Waals surface area contributed by atoms with Crippen molar-refractivity contribution in [2.75, 3.05) is 0 Å². The Morgan fingerprint density at radius 3 is 2.86 bits per heavy atom. The number of aromatic nitrogens is 1. The molecule has 0 aliphatic heterocycles. The Labute approximate surface area is 86.5 Å². The molecule has 0 unspecified atom stereocenters. The fraction of sp³-hybridized carbons (Fsp3) is 0.182.